The molecule has 0 saturated carbocycles. The Labute approximate surface area is 169 Å². The van der Waals surface area contributed by atoms with Crippen LogP contribution in [-0.4, -0.2) is 24.3 Å². The highest BCUT2D eigenvalue weighted by Crippen LogP contribution is 2.21. The Morgan fingerprint density at radius 3 is 2.11 bits per heavy atom. The van der Waals surface area contributed by atoms with Gasteiger partial charge in [-0.1, -0.05) is 80.1 Å². The number of esters is 1. The predicted molar refractivity (Wildman–Crippen MR) is 117 cm³/mol. The van der Waals surface area contributed by atoms with Gasteiger partial charge in [-0.25, -0.2) is 4.79 Å². The van der Waals surface area contributed by atoms with Gasteiger partial charge in [0.25, 0.3) is 0 Å². The van der Waals surface area contributed by atoms with Crippen molar-refractivity contribution in [3.8, 4) is 0 Å². The van der Waals surface area contributed by atoms with Crippen molar-refractivity contribution in [3.63, 3.8) is 0 Å². The zero-order valence-electron chi connectivity index (χ0n) is 17.0. The Morgan fingerprint density at radius 1 is 1.04 bits per heavy atom. The van der Waals surface area contributed by atoms with Crippen molar-refractivity contribution in [2.24, 2.45) is 10.9 Å². The summed E-state index contributed by atoms with van der Waals surface area (Å²) in [4.78, 5) is 17.7. The molecular weight excluding hydrogens is 346 g/mol. The van der Waals surface area contributed by atoms with Gasteiger partial charge in [0.05, 0.1) is 12.3 Å². The largest absolute Gasteiger partial charge is 0.464 e. The zero-order chi connectivity index (χ0) is 20.2. The Balaban J connectivity index is 2.37. The summed E-state index contributed by atoms with van der Waals surface area (Å²) in [5.41, 5.74) is 2.83. The van der Waals surface area contributed by atoms with E-state index >= 15 is 0 Å². The van der Waals surface area contributed by atoms with Gasteiger partial charge in [0, 0.05) is 11.1 Å². The second-order valence-electron chi connectivity index (χ2n) is 6.96. The lowest BCUT2D eigenvalue weighted by molar-refractivity contribution is -0.145. The molecule has 0 amide bonds. The molecule has 0 saturated heterocycles. The number of nitrogens with zero attached hydrogens (tertiary/aromatic N) is 1. The lowest BCUT2D eigenvalue weighted by Crippen LogP contribution is -2.30. The normalized spacial score (nSPS) is 12.6. The minimum atomic E-state index is -0.515. The third kappa shape index (κ3) is 6.49. The van der Waals surface area contributed by atoms with Gasteiger partial charge in [0.15, 0.2) is 6.04 Å². The standard InChI is InChI=1S/C25H31NO2/c1-4-6-7-10-15-20(3)23(25(27)28-5-2)26-24(21-16-11-8-12-17-21)22-18-13-9-14-19-22/h4,8-9,11-14,16-20,23H,1,5-7,10,15H2,2-3H3/t20-,23?/m1/s1. The molecule has 0 heterocycles. The first-order valence-electron chi connectivity index (χ1n) is 10.1. The van der Waals surface area contributed by atoms with E-state index in [1.54, 1.807) is 0 Å². The topological polar surface area (TPSA) is 38.7 Å². The van der Waals surface area contributed by atoms with Gasteiger partial charge in [0.1, 0.15) is 0 Å². The number of benzene rings is 2. The summed E-state index contributed by atoms with van der Waals surface area (Å²) in [5.74, 6) is -0.144. The minimum Gasteiger partial charge on any atom is -0.464 e. The first kappa shape index (κ1) is 21.6. The molecule has 0 aromatic heterocycles. The van der Waals surface area contributed by atoms with Gasteiger partial charge < -0.3 is 4.74 Å². The molecule has 1 unspecified atom stereocenters. The maximum Gasteiger partial charge on any atom is 0.331 e. The van der Waals surface area contributed by atoms with Gasteiger partial charge in [0.2, 0.25) is 0 Å². The number of rotatable bonds is 11. The summed E-state index contributed by atoms with van der Waals surface area (Å²) in [5, 5.41) is 0. The zero-order valence-corrected chi connectivity index (χ0v) is 17.0. The van der Waals surface area contributed by atoms with E-state index in [-0.39, 0.29) is 11.9 Å². The fourth-order valence-corrected chi connectivity index (χ4v) is 3.20. The van der Waals surface area contributed by atoms with E-state index in [9.17, 15) is 4.79 Å². The summed E-state index contributed by atoms with van der Waals surface area (Å²) < 4.78 is 5.36. The van der Waals surface area contributed by atoms with Crippen molar-refractivity contribution in [2.75, 3.05) is 6.61 Å². The molecule has 0 N–H and O–H groups in total. The van der Waals surface area contributed by atoms with E-state index in [0.29, 0.717) is 6.61 Å². The molecule has 2 atom stereocenters. The van der Waals surface area contributed by atoms with Crippen LogP contribution in [0.4, 0.5) is 0 Å². The SMILES string of the molecule is C=CCCCC[C@@H](C)C(N=C(c1ccccc1)c1ccccc1)C(=O)OCC. The van der Waals surface area contributed by atoms with Crippen LogP contribution >= 0.6 is 0 Å². The Kier molecular flexibility index (Phi) is 9.20. The highest BCUT2D eigenvalue weighted by Gasteiger charge is 2.26. The van der Waals surface area contributed by atoms with Crippen molar-refractivity contribution >= 4 is 11.7 Å². The third-order valence-electron chi connectivity index (χ3n) is 4.75. The maximum absolute atomic E-state index is 12.7. The maximum atomic E-state index is 12.7. The average molecular weight is 378 g/mol. The highest BCUT2D eigenvalue weighted by atomic mass is 16.5. The average Bonchev–Trinajstić information content (AvgIpc) is 2.73. The molecule has 2 aromatic rings. The summed E-state index contributed by atoms with van der Waals surface area (Å²) in [7, 11) is 0. The van der Waals surface area contributed by atoms with Crippen molar-refractivity contribution in [3.05, 3.63) is 84.4 Å². The molecule has 0 aliphatic rings. The summed E-state index contributed by atoms with van der Waals surface area (Å²) in [6, 6.07) is 19.5. The van der Waals surface area contributed by atoms with Crippen LogP contribution in [0.15, 0.2) is 78.3 Å². The van der Waals surface area contributed by atoms with Gasteiger partial charge >= 0.3 is 5.97 Å². The fraction of sp³-hybridized carbons (Fsp3) is 0.360. The molecule has 28 heavy (non-hydrogen) atoms. The van der Waals surface area contributed by atoms with Crippen LogP contribution < -0.4 is 0 Å². The van der Waals surface area contributed by atoms with Crippen LogP contribution in [0.25, 0.3) is 0 Å². The summed E-state index contributed by atoms with van der Waals surface area (Å²) in [6.45, 7) is 8.06. The fourth-order valence-electron chi connectivity index (χ4n) is 3.20. The molecule has 0 aliphatic carbocycles. The lowest BCUT2D eigenvalue weighted by Gasteiger charge is -2.21. The van der Waals surface area contributed by atoms with Crippen LogP contribution in [0.5, 0.6) is 0 Å². The summed E-state index contributed by atoms with van der Waals surface area (Å²) >= 11 is 0. The second-order valence-corrected chi connectivity index (χ2v) is 6.96. The molecule has 0 fully saturated rings. The van der Waals surface area contributed by atoms with Crippen molar-refractivity contribution in [1.29, 1.82) is 0 Å². The summed E-state index contributed by atoms with van der Waals surface area (Å²) in [6.07, 6.45) is 5.99. The van der Waals surface area contributed by atoms with Crippen LogP contribution in [-0.2, 0) is 9.53 Å². The van der Waals surface area contributed by atoms with E-state index in [4.69, 9.17) is 9.73 Å². The van der Waals surface area contributed by atoms with Crippen molar-refractivity contribution in [2.45, 2.75) is 45.6 Å². The molecule has 0 aliphatic heterocycles. The van der Waals surface area contributed by atoms with Gasteiger partial charge in [-0.2, -0.15) is 0 Å². The third-order valence-corrected chi connectivity index (χ3v) is 4.75. The number of hydrogen-bond acceptors (Lipinski definition) is 3. The molecule has 0 bridgehead atoms. The molecular formula is C25H31NO2. The highest BCUT2D eigenvalue weighted by molar-refractivity contribution is 6.13. The second kappa shape index (κ2) is 11.9. The molecule has 3 nitrogen and oxygen atoms in total. The van der Waals surface area contributed by atoms with Gasteiger partial charge in [-0.05, 0) is 32.1 Å². The number of allylic oxidation sites excluding steroid dienone is 1. The number of aliphatic imine (C=N–C) groups is 1. The van der Waals surface area contributed by atoms with E-state index in [2.05, 4.69) is 13.5 Å². The van der Waals surface area contributed by atoms with E-state index in [1.165, 1.54) is 0 Å². The predicted octanol–water partition coefficient (Wildman–Crippen LogP) is 5.84. The lowest BCUT2D eigenvalue weighted by atomic mass is 9.94. The number of carbonyl (C=O) groups excluding carboxylic acids is 1. The molecule has 3 heteroatoms. The number of unbranched alkanes of at least 4 members (excludes halogenated alkanes) is 2. The van der Waals surface area contributed by atoms with Gasteiger partial charge in [-0.15, -0.1) is 6.58 Å². The van der Waals surface area contributed by atoms with Crippen LogP contribution in [0.3, 0.4) is 0 Å². The number of carbonyl (C=O) groups is 1. The van der Waals surface area contributed by atoms with E-state index < -0.39 is 6.04 Å². The van der Waals surface area contributed by atoms with Crippen molar-refractivity contribution < 1.29 is 9.53 Å². The monoisotopic (exact) mass is 377 g/mol. The Hall–Kier alpha value is -2.68. The molecule has 2 aromatic carbocycles. The minimum absolute atomic E-state index is 0.103. The number of ether oxygens (including phenoxy) is 1. The molecule has 2 rings (SSSR count). The van der Waals surface area contributed by atoms with Crippen LogP contribution in [0, 0.1) is 5.92 Å². The molecule has 148 valence electrons. The quantitative estimate of drug-likeness (QED) is 0.214. The first-order valence-corrected chi connectivity index (χ1v) is 10.1. The molecule has 0 spiro atoms. The number of hydrogen-bond donors (Lipinski definition) is 0. The van der Waals surface area contributed by atoms with Crippen molar-refractivity contribution in [1.82, 2.24) is 0 Å². The van der Waals surface area contributed by atoms with E-state index in [0.717, 1.165) is 42.5 Å². The van der Waals surface area contributed by atoms with Crippen LogP contribution in [0.2, 0.25) is 0 Å². The van der Waals surface area contributed by atoms with E-state index in [1.807, 2.05) is 73.7 Å². The Bertz CT molecular complexity index is 711. The first-order chi connectivity index (χ1) is 13.7. The smallest absolute Gasteiger partial charge is 0.331 e. The molecule has 0 radical (unpaired) electrons. The van der Waals surface area contributed by atoms with Crippen LogP contribution in [0.1, 0.15) is 50.7 Å². The Morgan fingerprint density at radius 2 is 1.61 bits per heavy atom. The van der Waals surface area contributed by atoms with Gasteiger partial charge in [-0.3, -0.25) is 4.99 Å².